The molecule has 0 aliphatic carbocycles. The van der Waals surface area contributed by atoms with Crippen LogP contribution in [0.2, 0.25) is 0 Å². The van der Waals surface area contributed by atoms with Crippen LogP contribution >= 0.6 is 0 Å². The molecule has 1 N–H and O–H groups in total. The quantitative estimate of drug-likeness (QED) is 0.896. The van der Waals surface area contributed by atoms with E-state index in [1.54, 1.807) is 6.07 Å². The summed E-state index contributed by atoms with van der Waals surface area (Å²) in [6.45, 7) is 3.31. The van der Waals surface area contributed by atoms with E-state index in [9.17, 15) is 9.90 Å². The molecule has 2 aromatic rings. The Hall–Kier alpha value is -2.25. The smallest absolute Gasteiger partial charge is 0.311 e. The van der Waals surface area contributed by atoms with Crippen molar-refractivity contribution in [2.75, 3.05) is 18.0 Å². The SMILES string of the molecule is CCCC1(C(=O)O)CCCN(c2ccc3nnnn3n2)C1. The molecular weight excluding hydrogens is 272 g/mol. The maximum absolute atomic E-state index is 11.7. The summed E-state index contributed by atoms with van der Waals surface area (Å²) >= 11 is 0. The zero-order valence-electron chi connectivity index (χ0n) is 11.9. The molecule has 2 aromatic heterocycles. The normalized spacial score (nSPS) is 22.6. The predicted molar refractivity (Wildman–Crippen MR) is 75.0 cm³/mol. The highest BCUT2D eigenvalue weighted by Gasteiger charge is 2.42. The van der Waals surface area contributed by atoms with Crippen molar-refractivity contribution in [3.63, 3.8) is 0 Å². The van der Waals surface area contributed by atoms with Gasteiger partial charge in [0, 0.05) is 13.1 Å². The van der Waals surface area contributed by atoms with Gasteiger partial charge in [0.15, 0.2) is 11.5 Å². The molecule has 21 heavy (non-hydrogen) atoms. The molecule has 8 nitrogen and oxygen atoms in total. The van der Waals surface area contributed by atoms with Gasteiger partial charge in [-0.05, 0) is 41.8 Å². The van der Waals surface area contributed by atoms with Crippen LogP contribution in [0, 0.1) is 5.41 Å². The van der Waals surface area contributed by atoms with E-state index >= 15 is 0 Å². The number of carboxylic acid groups (broad SMARTS) is 1. The van der Waals surface area contributed by atoms with Crippen molar-refractivity contribution in [2.24, 2.45) is 5.41 Å². The molecular formula is C13H18N6O2. The lowest BCUT2D eigenvalue weighted by atomic mass is 9.76. The van der Waals surface area contributed by atoms with Crippen LogP contribution in [-0.4, -0.2) is 49.4 Å². The van der Waals surface area contributed by atoms with Gasteiger partial charge < -0.3 is 10.0 Å². The minimum Gasteiger partial charge on any atom is -0.481 e. The number of hydrogen-bond acceptors (Lipinski definition) is 6. The zero-order valence-corrected chi connectivity index (χ0v) is 11.9. The van der Waals surface area contributed by atoms with E-state index in [2.05, 4.69) is 20.6 Å². The summed E-state index contributed by atoms with van der Waals surface area (Å²) in [6, 6.07) is 3.63. The first-order chi connectivity index (χ1) is 10.1. The summed E-state index contributed by atoms with van der Waals surface area (Å²) in [5, 5.41) is 25.2. The highest BCUT2D eigenvalue weighted by molar-refractivity contribution is 5.76. The molecule has 0 bridgehead atoms. The van der Waals surface area contributed by atoms with Crippen molar-refractivity contribution in [3.8, 4) is 0 Å². The second-order valence-electron chi connectivity index (χ2n) is 5.58. The fourth-order valence-electron chi connectivity index (χ4n) is 3.10. The third-order valence-electron chi connectivity index (χ3n) is 4.14. The number of hydrogen-bond donors (Lipinski definition) is 1. The Labute approximate surface area is 121 Å². The fourth-order valence-corrected chi connectivity index (χ4v) is 3.10. The van der Waals surface area contributed by atoms with Crippen LogP contribution in [0.1, 0.15) is 32.6 Å². The lowest BCUT2D eigenvalue weighted by Crippen LogP contribution is -2.48. The van der Waals surface area contributed by atoms with E-state index < -0.39 is 11.4 Å². The summed E-state index contributed by atoms with van der Waals surface area (Å²) in [5.41, 5.74) is -0.0987. The number of aliphatic carboxylic acids is 1. The van der Waals surface area contributed by atoms with Crippen LogP contribution in [0.5, 0.6) is 0 Å². The van der Waals surface area contributed by atoms with Crippen molar-refractivity contribution in [1.29, 1.82) is 0 Å². The molecule has 1 aliphatic heterocycles. The van der Waals surface area contributed by atoms with Gasteiger partial charge in [-0.15, -0.1) is 14.8 Å². The van der Waals surface area contributed by atoms with E-state index in [0.717, 1.165) is 31.6 Å². The highest BCUT2D eigenvalue weighted by atomic mass is 16.4. The maximum atomic E-state index is 11.7. The molecule has 0 saturated carbocycles. The largest absolute Gasteiger partial charge is 0.481 e. The van der Waals surface area contributed by atoms with Crippen molar-refractivity contribution in [3.05, 3.63) is 12.1 Å². The van der Waals surface area contributed by atoms with E-state index in [1.165, 1.54) is 4.63 Å². The first-order valence-corrected chi connectivity index (χ1v) is 7.18. The molecule has 3 heterocycles. The summed E-state index contributed by atoms with van der Waals surface area (Å²) in [6.07, 6.45) is 3.12. The minimum atomic E-state index is -0.711. The summed E-state index contributed by atoms with van der Waals surface area (Å²) in [5.74, 6) is 0.00813. The molecule has 1 atom stereocenters. The molecule has 1 unspecified atom stereocenters. The number of carbonyl (C=O) groups is 1. The first kappa shape index (κ1) is 13.7. The Kier molecular flexibility index (Phi) is 3.44. The highest BCUT2D eigenvalue weighted by Crippen LogP contribution is 2.36. The van der Waals surface area contributed by atoms with Crippen molar-refractivity contribution in [2.45, 2.75) is 32.6 Å². The summed E-state index contributed by atoms with van der Waals surface area (Å²) in [7, 11) is 0. The lowest BCUT2D eigenvalue weighted by Gasteiger charge is -2.40. The van der Waals surface area contributed by atoms with Gasteiger partial charge in [-0.3, -0.25) is 4.79 Å². The first-order valence-electron chi connectivity index (χ1n) is 7.18. The van der Waals surface area contributed by atoms with Gasteiger partial charge in [-0.2, -0.15) is 0 Å². The Balaban J connectivity index is 1.89. The zero-order chi connectivity index (χ0) is 14.9. The molecule has 0 radical (unpaired) electrons. The Morgan fingerprint density at radius 3 is 3.10 bits per heavy atom. The molecule has 1 saturated heterocycles. The molecule has 0 spiro atoms. The number of fused-ring (bicyclic) bond motifs is 1. The van der Waals surface area contributed by atoms with Crippen LogP contribution in [0.3, 0.4) is 0 Å². The Morgan fingerprint density at radius 2 is 2.33 bits per heavy atom. The van der Waals surface area contributed by atoms with Crippen LogP contribution in [-0.2, 0) is 4.79 Å². The summed E-state index contributed by atoms with van der Waals surface area (Å²) < 4.78 is 1.37. The Morgan fingerprint density at radius 1 is 1.48 bits per heavy atom. The fraction of sp³-hybridized carbons (Fsp3) is 0.615. The molecule has 0 amide bonds. The Bertz CT molecular complexity index is 653. The number of carboxylic acids is 1. The number of tetrazole rings is 1. The maximum Gasteiger partial charge on any atom is 0.311 e. The number of aromatic nitrogens is 5. The minimum absolute atomic E-state index is 0.483. The van der Waals surface area contributed by atoms with Crippen LogP contribution in [0.4, 0.5) is 5.82 Å². The molecule has 1 aliphatic rings. The van der Waals surface area contributed by atoms with Gasteiger partial charge in [0.25, 0.3) is 0 Å². The van der Waals surface area contributed by atoms with Crippen molar-refractivity contribution < 1.29 is 9.90 Å². The standard InChI is InChI=1S/C13H18N6O2/c1-2-6-13(12(20)21)7-3-8-18(9-13)11-5-4-10-14-16-17-19(10)15-11/h4-5H,2-3,6-9H2,1H3,(H,20,21). The number of anilines is 1. The van der Waals surface area contributed by atoms with Crippen LogP contribution < -0.4 is 4.90 Å². The monoisotopic (exact) mass is 290 g/mol. The second-order valence-corrected chi connectivity index (χ2v) is 5.58. The molecule has 1 fully saturated rings. The van der Waals surface area contributed by atoms with E-state index in [4.69, 9.17) is 0 Å². The van der Waals surface area contributed by atoms with Crippen molar-refractivity contribution in [1.82, 2.24) is 25.3 Å². The van der Waals surface area contributed by atoms with Crippen molar-refractivity contribution >= 4 is 17.4 Å². The second kappa shape index (κ2) is 5.27. The van der Waals surface area contributed by atoms with Gasteiger partial charge in [0.1, 0.15) is 0 Å². The average Bonchev–Trinajstić information content (AvgIpc) is 2.95. The topological polar surface area (TPSA) is 96.5 Å². The molecule has 8 heteroatoms. The van der Waals surface area contributed by atoms with E-state index in [-0.39, 0.29) is 0 Å². The van der Waals surface area contributed by atoms with Gasteiger partial charge >= 0.3 is 5.97 Å². The van der Waals surface area contributed by atoms with E-state index in [0.29, 0.717) is 18.6 Å². The van der Waals surface area contributed by atoms with Gasteiger partial charge in [-0.1, -0.05) is 13.3 Å². The van der Waals surface area contributed by atoms with Gasteiger partial charge in [-0.25, -0.2) is 0 Å². The van der Waals surface area contributed by atoms with Gasteiger partial charge in [0.05, 0.1) is 5.41 Å². The van der Waals surface area contributed by atoms with E-state index in [1.807, 2.05) is 17.9 Å². The summed E-state index contributed by atoms with van der Waals surface area (Å²) in [4.78, 5) is 13.8. The third-order valence-corrected chi connectivity index (χ3v) is 4.14. The van der Waals surface area contributed by atoms with Crippen LogP contribution in [0.25, 0.3) is 5.65 Å². The lowest BCUT2D eigenvalue weighted by molar-refractivity contribution is -0.150. The van der Waals surface area contributed by atoms with Crippen LogP contribution in [0.15, 0.2) is 12.1 Å². The average molecular weight is 290 g/mol. The number of rotatable bonds is 4. The van der Waals surface area contributed by atoms with Gasteiger partial charge in [0.2, 0.25) is 0 Å². The predicted octanol–water partition coefficient (Wildman–Crippen LogP) is 0.991. The number of piperidine rings is 1. The molecule has 0 aromatic carbocycles. The molecule has 3 rings (SSSR count). The molecule has 112 valence electrons. The number of nitrogens with zero attached hydrogens (tertiary/aromatic N) is 6. The third kappa shape index (κ3) is 2.41.